The van der Waals surface area contributed by atoms with Crippen molar-refractivity contribution in [1.29, 1.82) is 0 Å². The molecule has 3 aromatic rings. The van der Waals surface area contributed by atoms with Gasteiger partial charge in [0.15, 0.2) is 0 Å². The number of thiophene rings is 1. The second-order valence-electron chi connectivity index (χ2n) is 4.98. The molecule has 0 aliphatic rings. The van der Waals surface area contributed by atoms with Gasteiger partial charge in [0.05, 0.1) is 0 Å². The molecule has 0 aliphatic heterocycles. The first kappa shape index (κ1) is 12.5. The van der Waals surface area contributed by atoms with Gasteiger partial charge in [0.1, 0.15) is 0 Å². The van der Waals surface area contributed by atoms with E-state index in [-0.39, 0.29) is 0 Å². The SMILES string of the molecule is Cc1c(C)n(Cc2ccsc2)c2ccc(CN)cc12. The lowest BCUT2D eigenvalue weighted by atomic mass is 10.1. The molecule has 0 bridgehead atoms. The predicted octanol–water partition coefficient (Wildman–Crippen LogP) is 3.83. The quantitative estimate of drug-likeness (QED) is 0.770. The highest BCUT2D eigenvalue weighted by Crippen LogP contribution is 2.27. The number of hydrogen-bond acceptors (Lipinski definition) is 2. The molecule has 0 saturated carbocycles. The molecule has 19 heavy (non-hydrogen) atoms. The van der Waals surface area contributed by atoms with E-state index in [2.05, 4.69) is 53.4 Å². The largest absolute Gasteiger partial charge is 0.340 e. The van der Waals surface area contributed by atoms with E-state index >= 15 is 0 Å². The lowest BCUT2D eigenvalue weighted by molar-refractivity contribution is 0.803. The second kappa shape index (κ2) is 4.83. The summed E-state index contributed by atoms with van der Waals surface area (Å²) in [5.74, 6) is 0. The number of nitrogens with two attached hydrogens (primary N) is 1. The molecule has 0 amide bonds. The van der Waals surface area contributed by atoms with Crippen LogP contribution in [0.4, 0.5) is 0 Å². The van der Waals surface area contributed by atoms with E-state index < -0.39 is 0 Å². The molecule has 98 valence electrons. The molecule has 0 aliphatic carbocycles. The van der Waals surface area contributed by atoms with E-state index in [9.17, 15) is 0 Å². The standard InChI is InChI=1S/C16H18N2S/c1-11-12(2)18(9-14-5-6-19-10-14)16-4-3-13(8-17)7-15(11)16/h3-7,10H,8-9,17H2,1-2H3. The molecule has 2 aromatic heterocycles. The van der Waals surface area contributed by atoms with Crippen molar-refractivity contribution in [2.45, 2.75) is 26.9 Å². The topological polar surface area (TPSA) is 30.9 Å². The van der Waals surface area contributed by atoms with Gasteiger partial charge < -0.3 is 10.3 Å². The molecular weight excluding hydrogens is 252 g/mol. The van der Waals surface area contributed by atoms with Gasteiger partial charge in [-0.05, 0) is 59.5 Å². The molecule has 0 fully saturated rings. The van der Waals surface area contributed by atoms with Crippen molar-refractivity contribution in [2.24, 2.45) is 5.73 Å². The van der Waals surface area contributed by atoms with E-state index in [1.165, 1.54) is 33.3 Å². The number of hydrogen-bond donors (Lipinski definition) is 1. The van der Waals surface area contributed by atoms with Crippen molar-refractivity contribution in [3.05, 3.63) is 57.4 Å². The lowest BCUT2D eigenvalue weighted by Crippen LogP contribution is -2.01. The third-order valence-corrected chi connectivity index (χ3v) is 4.59. The molecule has 2 heterocycles. The average molecular weight is 270 g/mol. The van der Waals surface area contributed by atoms with Gasteiger partial charge >= 0.3 is 0 Å². The number of aromatic nitrogens is 1. The molecule has 2 N–H and O–H groups in total. The Hall–Kier alpha value is -1.58. The van der Waals surface area contributed by atoms with Crippen LogP contribution in [0.3, 0.4) is 0 Å². The molecule has 3 rings (SSSR count). The number of fused-ring (bicyclic) bond motifs is 1. The smallest absolute Gasteiger partial charge is 0.0488 e. The van der Waals surface area contributed by atoms with Crippen molar-refractivity contribution in [1.82, 2.24) is 4.57 Å². The highest BCUT2D eigenvalue weighted by molar-refractivity contribution is 7.07. The van der Waals surface area contributed by atoms with Crippen LogP contribution < -0.4 is 5.73 Å². The van der Waals surface area contributed by atoms with Crippen LogP contribution in [0.25, 0.3) is 10.9 Å². The highest BCUT2D eigenvalue weighted by atomic mass is 32.1. The molecule has 2 nitrogen and oxygen atoms in total. The molecule has 0 radical (unpaired) electrons. The summed E-state index contributed by atoms with van der Waals surface area (Å²) in [6.07, 6.45) is 0. The van der Waals surface area contributed by atoms with Crippen molar-refractivity contribution in [2.75, 3.05) is 0 Å². The van der Waals surface area contributed by atoms with Crippen LogP contribution in [-0.2, 0) is 13.1 Å². The first-order valence-electron chi connectivity index (χ1n) is 6.50. The van der Waals surface area contributed by atoms with Crippen LogP contribution in [0, 0.1) is 13.8 Å². The molecule has 0 atom stereocenters. The maximum Gasteiger partial charge on any atom is 0.0488 e. The number of benzene rings is 1. The molecule has 0 saturated heterocycles. The monoisotopic (exact) mass is 270 g/mol. The molecule has 3 heteroatoms. The zero-order valence-corrected chi connectivity index (χ0v) is 12.1. The molecule has 0 unspecified atom stereocenters. The van der Waals surface area contributed by atoms with Crippen molar-refractivity contribution >= 4 is 22.2 Å². The van der Waals surface area contributed by atoms with E-state index in [0.29, 0.717) is 6.54 Å². The first-order chi connectivity index (χ1) is 9.20. The Morgan fingerprint density at radius 1 is 1.16 bits per heavy atom. The fourth-order valence-corrected chi connectivity index (χ4v) is 3.25. The van der Waals surface area contributed by atoms with Crippen molar-refractivity contribution < 1.29 is 0 Å². The highest BCUT2D eigenvalue weighted by Gasteiger charge is 2.11. The van der Waals surface area contributed by atoms with Gasteiger partial charge in [-0.3, -0.25) is 0 Å². The second-order valence-corrected chi connectivity index (χ2v) is 5.76. The summed E-state index contributed by atoms with van der Waals surface area (Å²) in [5.41, 5.74) is 12.3. The van der Waals surface area contributed by atoms with Gasteiger partial charge in [-0.15, -0.1) is 0 Å². The number of nitrogens with zero attached hydrogens (tertiary/aromatic N) is 1. The fraction of sp³-hybridized carbons (Fsp3) is 0.250. The Morgan fingerprint density at radius 2 is 2.00 bits per heavy atom. The summed E-state index contributed by atoms with van der Waals surface area (Å²) in [4.78, 5) is 0. The number of rotatable bonds is 3. The van der Waals surface area contributed by atoms with Crippen LogP contribution >= 0.6 is 11.3 Å². The third kappa shape index (κ3) is 2.09. The molecule has 0 spiro atoms. The van der Waals surface area contributed by atoms with E-state index in [1.807, 2.05) is 0 Å². The summed E-state index contributed by atoms with van der Waals surface area (Å²) in [6, 6.07) is 8.75. The normalized spacial score (nSPS) is 11.3. The number of aryl methyl sites for hydroxylation is 1. The predicted molar refractivity (Wildman–Crippen MR) is 82.7 cm³/mol. The fourth-order valence-electron chi connectivity index (χ4n) is 2.59. The summed E-state index contributed by atoms with van der Waals surface area (Å²) in [6.45, 7) is 5.94. The van der Waals surface area contributed by atoms with Crippen molar-refractivity contribution in [3.63, 3.8) is 0 Å². The van der Waals surface area contributed by atoms with E-state index in [0.717, 1.165) is 6.54 Å². The van der Waals surface area contributed by atoms with E-state index in [4.69, 9.17) is 5.73 Å². The van der Waals surface area contributed by atoms with Gasteiger partial charge in [-0.1, -0.05) is 6.07 Å². The minimum Gasteiger partial charge on any atom is -0.340 e. The van der Waals surface area contributed by atoms with Crippen LogP contribution in [0.2, 0.25) is 0 Å². The molecular formula is C16H18N2S. The zero-order valence-electron chi connectivity index (χ0n) is 11.3. The van der Waals surface area contributed by atoms with Gasteiger partial charge in [0.2, 0.25) is 0 Å². The summed E-state index contributed by atoms with van der Waals surface area (Å²) >= 11 is 1.75. The first-order valence-corrected chi connectivity index (χ1v) is 7.44. The van der Waals surface area contributed by atoms with Gasteiger partial charge in [-0.2, -0.15) is 11.3 Å². The maximum atomic E-state index is 5.74. The molecule has 1 aromatic carbocycles. The Bertz CT molecular complexity index is 708. The van der Waals surface area contributed by atoms with Crippen LogP contribution in [0.1, 0.15) is 22.4 Å². The summed E-state index contributed by atoms with van der Waals surface area (Å²) in [7, 11) is 0. The van der Waals surface area contributed by atoms with Gasteiger partial charge in [0, 0.05) is 29.7 Å². The third-order valence-electron chi connectivity index (χ3n) is 3.86. The van der Waals surface area contributed by atoms with Crippen LogP contribution in [0.5, 0.6) is 0 Å². The van der Waals surface area contributed by atoms with Crippen molar-refractivity contribution in [3.8, 4) is 0 Å². The Balaban J connectivity index is 2.16. The maximum absolute atomic E-state index is 5.74. The Labute approximate surface area is 117 Å². The summed E-state index contributed by atoms with van der Waals surface area (Å²) in [5, 5.41) is 5.68. The van der Waals surface area contributed by atoms with Crippen LogP contribution in [-0.4, -0.2) is 4.57 Å². The lowest BCUT2D eigenvalue weighted by Gasteiger charge is -2.07. The van der Waals surface area contributed by atoms with Gasteiger partial charge in [0.25, 0.3) is 0 Å². The zero-order chi connectivity index (χ0) is 13.4. The van der Waals surface area contributed by atoms with Gasteiger partial charge in [-0.25, -0.2) is 0 Å². The minimum absolute atomic E-state index is 0.601. The van der Waals surface area contributed by atoms with E-state index in [1.54, 1.807) is 11.3 Å². The van der Waals surface area contributed by atoms with Crippen LogP contribution in [0.15, 0.2) is 35.0 Å². The Kier molecular flexibility index (Phi) is 3.17. The minimum atomic E-state index is 0.601. The summed E-state index contributed by atoms with van der Waals surface area (Å²) < 4.78 is 2.40. The average Bonchev–Trinajstić information content (AvgIpc) is 3.02. The Morgan fingerprint density at radius 3 is 2.68 bits per heavy atom.